The molecule has 0 atom stereocenters. The molecule has 1 saturated heterocycles. The molecule has 44 valence electrons. The van der Waals surface area contributed by atoms with E-state index in [2.05, 4.69) is 18.9 Å². The van der Waals surface area contributed by atoms with Gasteiger partial charge in [-0.05, 0) is 13.0 Å². The predicted octanol–water partition coefficient (Wildman–Crippen LogP) is 0.730. The first-order valence-electron chi connectivity index (χ1n) is 2.47. The predicted molar refractivity (Wildman–Crippen MR) is 31.7 cm³/mol. The fraction of sp³-hybridized carbons (Fsp3) is 1.00. The molecular weight excluding hydrogens is 88.1 g/mol. The van der Waals surface area contributed by atoms with Crippen molar-refractivity contribution >= 4 is 0 Å². The summed E-state index contributed by atoms with van der Waals surface area (Å²) < 4.78 is 0. The molecule has 1 heterocycles. The molecule has 0 saturated carbocycles. The molecule has 1 fully saturated rings. The molecule has 0 radical (unpaired) electrons. The summed E-state index contributed by atoms with van der Waals surface area (Å²) in [4.78, 5) is 2.32. The van der Waals surface area contributed by atoms with Crippen LogP contribution in [-0.4, -0.2) is 25.0 Å². The second-order valence-electron chi connectivity index (χ2n) is 2.33. The van der Waals surface area contributed by atoms with E-state index in [4.69, 9.17) is 0 Å². The number of rotatable bonds is 0. The molecule has 3 N–H and O–H groups in total. The molecule has 0 aliphatic carbocycles. The first kappa shape index (κ1) is 6.92. The summed E-state index contributed by atoms with van der Waals surface area (Å²) in [6.07, 6.45) is 0. The minimum Gasteiger partial charge on any atom is -0.344 e. The van der Waals surface area contributed by atoms with Crippen LogP contribution in [-0.2, 0) is 0 Å². The van der Waals surface area contributed by atoms with Crippen molar-refractivity contribution in [2.45, 2.75) is 6.92 Å². The topological polar surface area (TPSA) is 38.2 Å². The van der Waals surface area contributed by atoms with Crippen LogP contribution < -0.4 is 6.15 Å². The van der Waals surface area contributed by atoms with Crippen LogP contribution in [0.15, 0.2) is 0 Å². The van der Waals surface area contributed by atoms with Gasteiger partial charge in [0.2, 0.25) is 0 Å². The fourth-order valence-corrected chi connectivity index (χ4v) is 1.01. The van der Waals surface area contributed by atoms with Crippen molar-refractivity contribution in [2.75, 3.05) is 20.1 Å². The number of nitrogens with zero attached hydrogens (tertiary/aromatic N) is 1. The van der Waals surface area contributed by atoms with E-state index in [1.165, 1.54) is 13.1 Å². The van der Waals surface area contributed by atoms with Crippen molar-refractivity contribution in [3.05, 3.63) is 0 Å². The Balaban J connectivity index is 0.000000360. The Morgan fingerprint density at radius 3 is 1.86 bits per heavy atom. The fourth-order valence-electron chi connectivity index (χ4n) is 1.01. The van der Waals surface area contributed by atoms with E-state index in [0.717, 1.165) is 5.92 Å². The molecule has 2 heteroatoms. The highest BCUT2D eigenvalue weighted by molar-refractivity contribution is 4.71. The average Bonchev–Trinajstić information content (AvgIpc) is 1.33. The molecule has 0 unspecified atom stereocenters. The Hall–Kier alpha value is -0.0800. The zero-order valence-corrected chi connectivity index (χ0v) is 5.15. The van der Waals surface area contributed by atoms with Crippen molar-refractivity contribution in [3.63, 3.8) is 0 Å². The largest absolute Gasteiger partial charge is 0.344 e. The molecule has 0 aromatic carbocycles. The van der Waals surface area contributed by atoms with Gasteiger partial charge in [-0.2, -0.15) is 0 Å². The van der Waals surface area contributed by atoms with Gasteiger partial charge in [-0.3, -0.25) is 0 Å². The van der Waals surface area contributed by atoms with Gasteiger partial charge in [0.15, 0.2) is 0 Å². The number of likely N-dealkylation sites (tertiary alicyclic amines) is 1. The Labute approximate surface area is 45.1 Å². The van der Waals surface area contributed by atoms with Crippen LogP contribution in [0, 0.1) is 5.92 Å². The first-order chi connectivity index (χ1) is 2.79. The van der Waals surface area contributed by atoms with Crippen molar-refractivity contribution in [1.29, 1.82) is 0 Å². The lowest BCUT2D eigenvalue weighted by atomic mass is 10.1. The molecular formula is C5H14N2. The molecule has 7 heavy (non-hydrogen) atoms. The van der Waals surface area contributed by atoms with Gasteiger partial charge in [0.25, 0.3) is 0 Å². The van der Waals surface area contributed by atoms with Gasteiger partial charge in [0.1, 0.15) is 0 Å². The van der Waals surface area contributed by atoms with Crippen LogP contribution in [0.25, 0.3) is 0 Å². The summed E-state index contributed by atoms with van der Waals surface area (Å²) in [5, 5.41) is 0. The highest BCUT2D eigenvalue weighted by Crippen LogP contribution is 2.09. The monoisotopic (exact) mass is 102 g/mol. The lowest BCUT2D eigenvalue weighted by molar-refractivity contribution is 0.149. The third kappa shape index (κ3) is 1.45. The normalized spacial score (nSPS) is 23.1. The van der Waals surface area contributed by atoms with E-state index in [0.29, 0.717) is 0 Å². The van der Waals surface area contributed by atoms with Gasteiger partial charge >= 0.3 is 0 Å². The van der Waals surface area contributed by atoms with Gasteiger partial charge in [-0.25, -0.2) is 0 Å². The molecule has 0 amide bonds. The average molecular weight is 102 g/mol. The van der Waals surface area contributed by atoms with Crippen LogP contribution in [0.1, 0.15) is 6.92 Å². The summed E-state index contributed by atoms with van der Waals surface area (Å²) in [5.74, 6) is 0.968. The molecule has 0 bridgehead atoms. The second-order valence-corrected chi connectivity index (χ2v) is 2.33. The van der Waals surface area contributed by atoms with Crippen molar-refractivity contribution < 1.29 is 0 Å². The molecule has 1 rings (SSSR count). The minimum absolute atomic E-state index is 0. The standard InChI is InChI=1S/C5H11N.H3N/c1-5-3-6(2)4-5;/h5H,3-4H2,1-2H3;1H3. The molecule has 0 aromatic heterocycles. The molecule has 2 nitrogen and oxygen atoms in total. The van der Waals surface area contributed by atoms with Gasteiger partial charge in [0.05, 0.1) is 0 Å². The first-order valence-corrected chi connectivity index (χ1v) is 2.47. The van der Waals surface area contributed by atoms with Crippen LogP contribution in [0.5, 0.6) is 0 Å². The Kier molecular flexibility index (Phi) is 2.26. The second kappa shape index (κ2) is 2.28. The molecule has 1 aliphatic rings. The molecule has 1 aliphatic heterocycles. The van der Waals surface area contributed by atoms with E-state index < -0.39 is 0 Å². The van der Waals surface area contributed by atoms with Crippen LogP contribution in [0.3, 0.4) is 0 Å². The maximum atomic E-state index is 2.32. The van der Waals surface area contributed by atoms with Crippen LogP contribution in [0.4, 0.5) is 0 Å². The lowest BCUT2D eigenvalue weighted by Gasteiger charge is -2.33. The zero-order valence-electron chi connectivity index (χ0n) is 5.15. The number of hydrogen-bond acceptors (Lipinski definition) is 2. The summed E-state index contributed by atoms with van der Waals surface area (Å²) in [5.41, 5.74) is 0. The highest BCUT2D eigenvalue weighted by Gasteiger charge is 2.16. The van der Waals surface area contributed by atoms with Gasteiger partial charge < -0.3 is 11.1 Å². The zero-order chi connectivity index (χ0) is 4.57. The third-order valence-corrected chi connectivity index (χ3v) is 1.25. The van der Waals surface area contributed by atoms with E-state index in [-0.39, 0.29) is 6.15 Å². The summed E-state index contributed by atoms with van der Waals surface area (Å²) in [7, 11) is 2.15. The van der Waals surface area contributed by atoms with E-state index in [1.807, 2.05) is 0 Å². The lowest BCUT2D eigenvalue weighted by Crippen LogP contribution is -2.41. The van der Waals surface area contributed by atoms with E-state index in [9.17, 15) is 0 Å². The van der Waals surface area contributed by atoms with Crippen LogP contribution >= 0.6 is 0 Å². The Morgan fingerprint density at radius 2 is 1.86 bits per heavy atom. The molecule has 0 spiro atoms. The summed E-state index contributed by atoms with van der Waals surface area (Å²) in [6.45, 7) is 4.89. The maximum absolute atomic E-state index is 2.32. The third-order valence-electron chi connectivity index (χ3n) is 1.25. The van der Waals surface area contributed by atoms with Crippen molar-refractivity contribution in [3.8, 4) is 0 Å². The quantitative estimate of drug-likeness (QED) is 0.489. The van der Waals surface area contributed by atoms with E-state index in [1.54, 1.807) is 0 Å². The number of hydrogen-bond donors (Lipinski definition) is 1. The van der Waals surface area contributed by atoms with Crippen molar-refractivity contribution in [1.82, 2.24) is 11.1 Å². The van der Waals surface area contributed by atoms with Gasteiger partial charge in [-0.1, -0.05) is 6.92 Å². The molecule has 0 aromatic rings. The van der Waals surface area contributed by atoms with Crippen molar-refractivity contribution in [2.24, 2.45) is 5.92 Å². The smallest absolute Gasteiger partial charge is 0.00163 e. The minimum atomic E-state index is 0. The summed E-state index contributed by atoms with van der Waals surface area (Å²) in [6, 6.07) is 0. The highest BCUT2D eigenvalue weighted by atomic mass is 15.2. The Morgan fingerprint density at radius 1 is 1.43 bits per heavy atom. The maximum Gasteiger partial charge on any atom is 0.00163 e. The van der Waals surface area contributed by atoms with Gasteiger partial charge in [0, 0.05) is 13.1 Å². The summed E-state index contributed by atoms with van der Waals surface area (Å²) >= 11 is 0. The Bertz CT molecular complexity index is 42.0. The van der Waals surface area contributed by atoms with E-state index >= 15 is 0 Å². The SMILES string of the molecule is CC1CN(C)C1.N. The van der Waals surface area contributed by atoms with Gasteiger partial charge in [-0.15, -0.1) is 0 Å². The van der Waals surface area contributed by atoms with Crippen LogP contribution in [0.2, 0.25) is 0 Å².